The van der Waals surface area contributed by atoms with Gasteiger partial charge in [-0.25, -0.2) is 0 Å². The van der Waals surface area contributed by atoms with Crippen LogP contribution in [0.15, 0.2) is 22.6 Å². The Hall–Kier alpha value is -2.15. The maximum absolute atomic E-state index is 12.4. The number of thiophene rings is 1. The zero-order valence-corrected chi connectivity index (χ0v) is 14.8. The molecule has 1 aliphatic rings. The number of nitrogens with one attached hydrogen (secondary N) is 2. The van der Waals surface area contributed by atoms with Crippen LogP contribution in [0.2, 0.25) is 0 Å². The van der Waals surface area contributed by atoms with Gasteiger partial charge < -0.3 is 5.11 Å². The van der Waals surface area contributed by atoms with Crippen LogP contribution in [0, 0.1) is 11.8 Å². The van der Waals surface area contributed by atoms with Crippen molar-refractivity contribution in [3.63, 3.8) is 0 Å². The molecule has 7 heteroatoms. The number of allylic oxidation sites excluding steroid dienone is 2. The topological polar surface area (TPSA) is 95.5 Å². The smallest absolute Gasteiger partial charge is 0.307 e. The van der Waals surface area contributed by atoms with Crippen LogP contribution >= 0.6 is 11.3 Å². The maximum Gasteiger partial charge on any atom is 0.307 e. The van der Waals surface area contributed by atoms with Crippen LogP contribution in [0.1, 0.15) is 48.8 Å². The average molecular weight is 350 g/mol. The minimum Gasteiger partial charge on any atom is -0.481 e. The van der Waals surface area contributed by atoms with Gasteiger partial charge >= 0.3 is 5.97 Å². The summed E-state index contributed by atoms with van der Waals surface area (Å²) in [6, 6.07) is 1.78. The molecule has 0 spiro atoms. The van der Waals surface area contributed by atoms with Crippen molar-refractivity contribution in [3.05, 3.63) is 33.0 Å². The van der Waals surface area contributed by atoms with Gasteiger partial charge in [-0.05, 0) is 39.2 Å². The highest BCUT2D eigenvalue weighted by atomic mass is 32.1. The molecule has 0 saturated carbocycles. The van der Waals surface area contributed by atoms with Gasteiger partial charge in [-0.15, -0.1) is 11.3 Å². The first-order chi connectivity index (χ1) is 11.3. The van der Waals surface area contributed by atoms with Gasteiger partial charge in [0.2, 0.25) is 5.91 Å². The summed E-state index contributed by atoms with van der Waals surface area (Å²) in [5.74, 6) is -3.30. The second-order valence-electron chi connectivity index (χ2n) is 6.12. The number of rotatable bonds is 4. The third-order valence-corrected chi connectivity index (χ3v) is 5.57. The summed E-state index contributed by atoms with van der Waals surface area (Å²) in [5, 5.41) is 11.1. The lowest BCUT2D eigenvalue weighted by molar-refractivity contribution is -0.147. The summed E-state index contributed by atoms with van der Waals surface area (Å²) in [5.41, 5.74) is 7.29. The van der Waals surface area contributed by atoms with Gasteiger partial charge in [0.05, 0.1) is 17.4 Å². The van der Waals surface area contributed by atoms with Gasteiger partial charge in [0, 0.05) is 10.3 Å². The van der Waals surface area contributed by atoms with Crippen LogP contribution in [0.3, 0.4) is 0 Å². The Balaban J connectivity index is 2.00. The first-order valence-corrected chi connectivity index (χ1v) is 8.77. The van der Waals surface area contributed by atoms with Crippen LogP contribution in [-0.4, -0.2) is 22.9 Å². The highest BCUT2D eigenvalue weighted by Crippen LogP contribution is 2.34. The van der Waals surface area contributed by atoms with Crippen molar-refractivity contribution in [2.45, 2.75) is 40.0 Å². The van der Waals surface area contributed by atoms with Crippen molar-refractivity contribution in [2.75, 3.05) is 0 Å². The lowest BCUT2D eigenvalue weighted by atomic mass is 9.76. The van der Waals surface area contributed by atoms with E-state index in [4.69, 9.17) is 0 Å². The molecule has 2 rings (SSSR count). The van der Waals surface area contributed by atoms with Gasteiger partial charge in [0.15, 0.2) is 0 Å². The van der Waals surface area contributed by atoms with Crippen molar-refractivity contribution in [3.8, 4) is 0 Å². The predicted molar refractivity (Wildman–Crippen MR) is 91.5 cm³/mol. The molecule has 6 nitrogen and oxygen atoms in total. The quantitative estimate of drug-likeness (QED) is 0.574. The number of amides is 2. The third-order valence-electron chi connectivity index (χ3n) is 4.48. The van der Waals surface area contributed by atoms with Crippen molar-refractivity contribution in [1.29, 1.82) is 0 Å². The fraction of sp³-hybridized carbons (Fsp3) is 0.471. The van der Waals surface area contributed by atoms with Crippen molar-refractivity contribution >= 4 is 29.1 Å². The number of carbonyl (C=O) groups excluding carboxylic acids is 2. The number of hydrogen-bond donors (Lipinski definition) is 3. The van der Waals surface area contributed by atoms with Crippen LogP contribution in [0.5, 0.6) is 0 Å². The Labute approximate surface area is 144 Å². The lowest BCUT2D eigenvalue weighted by Gasteiger charge is -2.29. The molecule has 130 valence electrons. The SMILES string of the molecule is CCc1cc(C(=O)NNC(=O)[C@H]2CC(C)=C(C)C[C@H]2C(=O)O)cs1. The normalized spacial score (nSPS) is 20.6. The number of carboxylic acid groups (broad SMARTS) is 1. The Morgan fingerprint density at radius 2 is 1.79 bits per heavy atom. The van der Waals surface area contributed by atoms with Crippen molar-refractivity contribution in [1.82, 2.24) is 10.9 Å². The van der Waals surface area contributed by atoms with E-state index >= 15 is 0 Å². The molecule has 0 aliphatic heterocycles. The van der Waals surface area contributed by atoms with E-state index in [0.29, 0.717) is 18.4 Å². The van der Waals surface area contributed by atoms with E-state index in [1.807, 2.05) is 20.8 Å². The number of aryl methyl sites for hydroxylation is 1. The number of hydrazine groups is 1. The molecule has 0 bridgehead atoms. The highest BCUT2D eigenvalue weighted by molar-refractivity contribution is 7.10. The minimum absolute atomic E-state index is 0.359. The molecular weight excluding hydrogens is 328 g/mol. The summed E-state index contributed by atoms with van der Waals surface area (Å²) in [6.07, 6.45) is 1.60. The molecule has 0 radical (unpaired) electrons. The number of aliphatic carboxylic acids is 1. The zero-order chi connectivity index (χ0) is 17.9. The van der Waals surface area contributed by atoms with Gasteiger partial charge in [0.1, 0.15) is 0 Å². The fourth-order valence-electron chi connectivity index (χ4n) is 2.80. The van der Waals surface area contributed by atoms with E-state index in [2.05, 4.69) is 10.9 Å². The Kier molecular flexibility index (Phi) is 5.77. The van der Waals surface area contributed by atoms with E-state index in [9.17, 15) is 19.5 Å². The molecule has 0 unspecified atom stereocenters. The standard InChI is InChI=1S/C17H22N2O4S/c1-4-12-7-11(8-24-12)15(20)18-19-16(21)13-5-9(2)10(3)6-14(13)17(22)23/h7-8,13-14H,4-6H2,1-3H3,(H,18,20)(H,19,21)(H,22,23)/t13-,14+/m0/s1. The second kappa shape index (κ2) is 7.61. The van der Waals surface area contributed by atoms with Crippen molar-refractivity contribution in [2.24, 2.45) is 11.8 Å². The molecule has 24 heavy (non-hydrogen) atoms. The second-order valence-corrected chi connectivity index (χ2v) is 7.11. The molecule has 2 amide bonds. The maximum atomic E-state index is 12.4. The predicted octanol–water partition coefficient (Wildman–Crippen LogP) is 2.52. The molecule has 0 saturated heterocycles. The first kappa shape index (κ1) is 18.2. The number of carbonyl (C=O) groups is 3. The summed E-state index contributed by atoms with van der Waals surface area (Å²) in [7, 11) is 0. The number of hydrogen-bond acceptors (Lipinski definition) is 4. The summed E-state index contributed by atoms with van der Waals surface area (Å²) in [4.78, 5) is 36.9. The van der Waals surface area contributed by atoms with E-state index in [-0.39, 0.29) is 0 Å². The molecule has 0 aromatic carbocycles. The number of carboxylic acids is 1. The monoisotopic (exact) mass is 350 g/mol. The van der Waals surface area contributed by atoms with E-state index < -0.39 is 29.6 Å². The van der Waals surface area contributed by atoms with E-state index in [1.165, 1.54) is 11.3 Å². The third kappa shape index (κ3) is 4.03. The Morgan fingerprint density at radius 3 is 2.33 bits per heavy atom. The minimum atomic E-state index is -0.987. The van der Waals surface area contributed by atoms with Crippen LogP contribution in [0.4, 0.5) is 0 Å². The van der Waals surface area contributed by atoms with Crippen molar-refractivity contribution < 1.29 is 19.5 Å². The first-order valence-electron chi connectivity index (χ1n) is 7.89. The highest BCUT2D eigenvalue weighted by Gasteiger charge is 2.37. The van der Waals surface area contributed by atoms with Crippen LogP contribution in [-0.2, 0) is 16.0 Å². The molecular formula is C17H22N2O4S. The Morgan fingerprint density at radius 1 is 1.17 bits per heavy atom. The molecule has 1 aromatic rings. The van der Waals surface area contributed by atoms with Gasteiger partial charge in [-0.1, -0.05) is 18.1 Å². The summed E-state index contributed by atoms with van der Waals surface area (Å²) < 4.78 is 0. The summed E-state index contributed by atoms with van der Waals surface area (Å²) >= 11 is 1.49. The van der Waals surface area contributed by atoms with Gasteiger partial charge in [-0.2, -0.15) is 0 Å². The summed E-state index contributed by atoms with van der Waals surface area (Å²) in [6.45, 7) is 5.80. The average Bonchev–Trinajstić information content (AvgIpc) is 3.03. The van der Waals surface area contributed by atoms with E-state index in [0.717, 1.165) is 22.4 Å². The van der Waals surface area contributed by atoms with Crippen LogP contribution in [0.25, 0.3) is 0 Å². The lowest BCUT2D eigenvalue weighted by Crippen LogP contribution is -2.48. The molecule has 3 N–H and O–H groups in total. The zero-order valence-electron chi connectivity index (χ0n) is 14.0. The molecule has 0 fully saturated rings. The molecule has 1 aromatic heterocycles. The fourth-order valence-corrected chi connectivity index (χ4v) is 3.61. The van der Waals surface area contributed by atoms with Gasteiger partial charge in [0.25, 0.3) is 5.91 Å². The molecule has 1 heterocycles. The van der Waals surface area contributed by atoms with Crippen LogP contribution < -0.4 is 10.9 Å². The molecule has 2 atom stereocenters. The van der Waals surface area contributed by atoms with E-state index in [1.54, 1.807) is 11.4 Å². The largest absolute Gasteiger partial charge is 0.481 e. The van der Waals surface area contributed by atoms with Gasteiger partial charge in [-0.3, -0.25) is 25.2 Å². The molecule has 1 aliphatic carbocycles. The Bertz CT molecular complexity index is 693.